The zero-order valence-electron chi connectivity index (χ0n) is 17.3. The molecule has 2 aromatic carbocycles. The van der Waals surface area contributed by atoms with Gasteiger partial charge in [0.25, 0.3) is 0 Å². The molecule has 0 aromatic heterocycles. The first kappa shape index (κ1) is 21.5. The number of hydrogen-bond acceptors (Lipinski definition) is 5. The van der Waals surface area contributed by atoms with Gasteiger partial charge in [-0.15, -0.1) is 0 Å². The molecule has 6 heteroatoms. The predicted molar refractivity (Wildman–Crippen MR) is 122 cm³/mol. The summed E-state index contributed by atoms with van der Waals surface area (Å²) in [6.45, 7) is 2.18. The van der Waals surface area contributed by atoms with E-state index in [1.165, 1.54) is 0 Å². The summed E-state index contributed by atoms with van der Waals surface area (Å²) < 4.78 is 12.1. The highest BCUT2D eigenvalue weighted by Gasteiger charge is 2.44. The van der Waals surface area contributed by atoms with Crippen LogP contribution in [0.25, 0.3) is 0 Å². The summed E-state index contributed by atoms with van der Waals surface area (Å²) >= 11 is 3.61. The number of ketones is 1. The van der Waals surface area contributed by atoms with Crippen LogP contribution < -0.4 is 4.74 Å². The van der Waals surface area contributed by atoms with E-state index in [0.717, 1.165) is 34.3 Å². The summed E-state index contributed by atoms with van der Waals surface area (Å²) in [5.41, 5.74) is 2.85. The SMILES string of the molecule is CC1=C(C(=O)OCCOc2ccccc2)C(c2ccccc2Br)C2C(=O)CCCC2=N1. The molecule has 1 saturated carbocycles. The molecule has 0 bridgehead atoms. The van der Waals surface area contributed by atoms with Crippen molar-refractivity contribution in [3.8, 4) is 5.75 Å². The quantitative estimate of drug-likeness (QED) is 0.417. The fourth-order valence-electron chi connectivity index (χ4n) is 4.34. The Kier molecular flexibility index (Phi) is 6.66. The van der Waals surface area contributed by atoms with Gasteiger partial charge in [-0.25, -0.2) is 4.79 Å². The summed E-state index contributed by atoms with van der Waals surface area (Å²) in [6.07, 6.45) is 2.10. The Morgan fingerprint density at radius 1 is 1.03 bits per heavy atom. The Hall–Kier alpha value is -2.73. The molecular weight excluding hydrogens is 458 g/mol. The second kappa shape index (κ2) is 9.60. The molecule has 2 unspecified atom stereocenters. The van der Waals surface area contributed by atoms with Gasteiger partial charge in [0, 0.05) is 28.2 Å². The third-order valence-corrected chi connectivity index (χ3v) is 6.42. The number of para-hydroxylation sites is 1. The maximum Gasteiger partial charge on any atom is 0.336 e. The number of nitrogens with zero attached hydrogens (tertiary/aromatic N) is 1. The number of halogens is 1. The van der Waals surface area contributed by atoms with Crippen molar-refractivity contribution >= 4 is 33.4 Å². The van der Waals surface area contributed by atoms with Crippen molar-refractivity contribution in [2.75, 3.05) is 13.2 Å². The van der Waals surface area contributed by atoms with Crippen LogP contribution in [0, 0.1) is 5.92 Å². The number of Topliss-reactive ketones (excluding diaryl/α,β-unsaturated/α-hetero) is 1. The maximum atomic E-state index is 13.2. The lowest BCUT2D eigenvalue weighted by Crippen LogP contribution is -2.39. The number of hydrogen-bond donors (Lipinski definition) is 0. The molecular formula is C25H24BrNO4. The van der Waals surface area contributed by atoms with Gasteiger partial charge < -0.3 is 9.47 Å². The van der Waals surface area contributed by atoms with Gasteiger partial charge in [0.15, 0.2) is 0 Å². The zero-order chi connectivity index (χ0) is 21.8. The van der Waals surface area contributed by atoms with Crippen LogP contribution >= 0.6 is 15.9 Å². The molecule has 2 aromatic rings. The third kappa shape index (κ3) is 4.64. The molecule has 0 radical (unpaired) electrons. The van der Waals surface area contributed by atoms with Gasteiger partial charge in [0.1, 0.15) is 24.7 Å². The van der Waals surface area contributed by atoms with Crippen LogP contribution in [0.5, 0.6) is 5.75 Å². The number of esters is 1. The summed E-state index contributed by atoms with van der Waals surface area (Å²) in [5.74, 6) is -0.413. The van der Waals surface area contributed by atoms with E-state index >= 15 is 0 Å². The molecule has 2 atom stereocenters. The van der Waals surface area contributed by atoms with Crippen LogP contribution in [0.4, 0.5) is 0 Å². The van der Waals surface area contributed by atoms with E-state index in [4.69, 9.17) is 9.47 Å². The van der Waals surface area contributed by atoms with Crippen molar-refractivity contribution in [1.82, 2.24) is 0 Å². The van der Waals surface area contributed by atoms with E-state index in [1.54, 1.807) is 0 Å². The molecule has 2 aliphatic rings. The molecule has 4 rings (SSSR count). The molecule has 5 nitrogen and oxygen atoms in total. The number of carbonyl (C=O) groups excluding carboxylic acids is 2. The number of rotatable bonds is 6. The molecule has 1 aliphatic heterocycles. The van der Waals surface area contributed by atoms with Crippen LogP contribution in [0.15, 0.2) is 75.3 Å². The minimum absolute atomic E-state index is 0.113. The Labute approximate surface area is 190 Å². The smallest absolute Gasteiger partial charge is 0.336 e. The number of carbonyl (C=O) groups is 2. The van der Waals surface area contributed by atoms with Gasteiger partial charge in [-0.2, -0.15) is 0 Å². The van der Waals surface area contributed by atoms with E-state index in [0.29, 0.717) is 17.7 Å². The van der Waals surface area contributed by atoms with Gasteiger partial charge in [-0.3, -0.25) is 9.79 Å². The monoisotopic (exact) mass is 481 g/mol. The van der Waals surface area contributed by atoms with Crippen molar-refractivity contribution in [2.45, 2.75) is 32.1 Å². The highest BCUT2D eigenvalue weighted by atomic mass is 79.9. The first-order valence-corrected chi connectivity index (χ1v) is 11.3. The Morgan fingerprint density at radius 3 is 2.55 bits per heavy atom. The maximum absolute atomic E-state index is 13.2. The summed E-state index contributed by atoms with van der Waals surface area (Å²) in [5, 5.41) is 0. The van der Waals surface area contributed by atoms with Crippen molar-refractivity contribution in [2.24, 2.45) is 10.9 Å². The second-order valence-electron chi connectivity index (χ2n) is 7.70. The Bertz CT molecular complexity index is 1040. The average molecular weight is 482 g/mol. The van der Waals surface area contributed by atoms with Gasteiger partial charge in [-0.05, 0) is 43.5 Å². The number of allylic oxidation sites excluding steroid dienone is 1. The fraction of sp³-hybridized carbons (Fsp3) is 0.320. The van der Waals surface area contributed by atoms with E-state index in [1.807, 2.05) is 61.5 Å². The van der Waals surface area contributed by atoms with Crippen LogP contribution in [-0.2, 0) is 14.3 Å². The standard InChI is InChI=1S/C25H24BrNO4/c1-16-22(25(29)31-15-14-30-17-8-3-2-4-9-17)23(18-10-5-6-11-19(18)26)24-20(27-16)12-7-13-21(24)28/h2-6,8-11,23-24H,7,12-15H2,1H3. The minimum atomic E-state index is -0.448. The van der Waals surface area contributed by atoms with Crippen molar-refractivity contribution in [1.29, 1.82) is 0 Å². The lowest BCUT2D eigenvalue weighted by atomic mass is 9.69. The summed E-state index contributed by atoms with van der Waals surface area (Å²) in [6, 6.07) is 17.1. The molecule has 0 saturated heterocycles. The Balaban J connectivity index is 1.58. The van der Waals surface area contributed by atoms with E-state index in [9.17, 15) is 9.59 Å². The van der Waals surface area contributed by atoms with Crippen molar-refractivity contribution < 1.29 is 19.1 Å². The first-order valence-electron chi connectivity index (χ1n) is 10.5. The van der Waals surface area contributed by atoms with Crippen LogP contribution in [0.3, 0.4) is 0 Å². The zero-order valence-corrected chi connectivity index (χ0v) is 18.9. The summed E-state index contributed by atoms with van der Waals surface area (Å²) in [4.78, 5) is 30.8. The molecule has 1 heterocycles. The largest absolute Gasteiger partial charge is 0.490 e. The van der Waals surface area contributed by atoms with E-state index < -0.39 is 17.8 Å². The van der Waals surface area contributed by atoms with E-state index in [-0.39, 0.29) is 19.0 Å². The van der Waals surface area contributed by atoms with E-state index in [2.05, 4.69) is 20.9 Å². The third-order valence-electron chi connectivity index (χ3n) is 5.70. The molecule has 1 fully saturated rings. The second-order valence-corrected chi connectivity index (χ2v) is 8.55. The number of fused-ring (bicyclic) bond motifs is 1. The fourth-order valence-corrected chi connectivity index (χ4v) is 4.87. The van der Waals surface area contributed by atoms with Crippen molar-refractivity contribution in [3.63, 3.8) is 0 Å². The number of benzene rings is 2. The van der Waals surface area contributed by atoms with Crippen molar-refractivity contribution in [3.05, 3.63) is 75.9 Å². The minimum Gasteiger partial charge on any atom is -0.490 e. The lowest BCUT2D eigenvalue weighted by Gasteiger charge is -2.36. The van der Waals surface area contributed by atoms with Gasteiger partial charge in [0.2, 0.25) is 0 Å². The van der Waals surface area contributed by atoms with Crippen LogP contribution in [-0.4, -0.2) is 30.7 Å². The highest BCUT2D eigenvalue weighted by molar-refractivity contribution is 9.10. The van der Waals surface area contributed by atoms with Gasteiger partial charge in [0.05, 0.1) is 11.5 Å². The molecule has 0 amide bonds. The van der Waals surface area contributed by atoms with Crippen LogP contribution in [0.2, 0.25) is 0 Å². The molecule has 160 valence electrons. The first-order chi connectivity index (χ1) is 15.1. The predicted octanol–water partition coefficient (Wildman–Crippen LogP) is 5.25. The molecule has 1 aliphatic carbocycles. The average Bonchev–Trinajstić information content (AvgIpc) is 2.77. The highest BCUT2D eigenvalue weighted by Crippen LogP contribution is 2.45. The number of ether oxygens (including phenoxy) is 2. The molecule has 0 spiro atoms. The normalized spacial score (nSPS) is 20.7. The van der Waals surface area contributed by atoms with Crippen LogP contribution in [0.1, 0.15) is 37.7 Å². The topological polar surface area (TPSA) is 65.0 Å². The van der Waals surface area contributed by atoms with Gasteiger partial charge in [-0.1, -0.05) is 52.3 Å². The van der Waals surface area contributed by atoms with Gasteiger partial charge >= 0.3 is 5.97 Å². The number of aliphatic imine (C=N–C) groups is 1. The lowest BCUT2D eigenvalue weighted by molar-refractivity contribution is -0.140. The summed E-state index contributed by atoms with van der Waals surface area (Å²) in [7, 11) is 0. The molecule has 0 N–H and O–H groups in total. The molecule has 31 heavy (non-hydrogen) atoms. The Morgan fingerprint density at radius 2 is 1.77 bits per heavy atom.